The first-order chi connectivity index (χ1) is 9.38. The fraction of sp³-hybridized carbons (Fsp3) is 0.417. The molecule has 0 N–H and O–H groups in total. The maximum atomic E-state index is 13.6. The molecule has 1 heterocycles. The third-order valence-corrected chi connectivity index (χ3v) is 4.23. The van der Waals surface area contributed by atoms with Crippen LogP contribution < -0.4 is 0 Å². The molecule has 1 aliphatic heterocycles. The summed E-state index contributed by atoms with van der Waals surface area (Å²) in [4.78, 5) is 11.5. The Morgan fingerprint density at radius 1 is 1.35 bits per heavy atom. The van der Waals surface area contributed by atoms with Crippen molar-refractivity contribution in [3.05, 3.63) is 29.6 Å². The predicted octanol–water partition coefficient (Wildman–Crippen LogP) is 2.09. The molecule has 0 radical (unpaired) electrons. The van der Waals surface area contributed by atoms with Crippen LogP contribution in [0, 0.1) is 5.82 Å². The van der Waals surface area contributed by atoms with E-state index in [1.54, 1.807) is 0 Å². The largest absolute Gasteiger partial charge is 0.459 e. The molecule has 0 bridgehead atoms. The van der Waals surface area contributed by atoms with Crippen LogP contribution in [0.5, 0.6) is 0 Å². The molecule has 110 valence electrons. The van der Waals surface area contributed by atoms with E-state index in [9.17, 15) is 17.6 Å². The van der Waals surface area contributed by atoms with Crippen LogP contribution >= 0.6 is 10.7 Å². The van der Waals surface area contributed by atoms with E-state index in [1.807, 2.05) is 0 Å². The summed E-state index contributed by atoms with van der Waals surface area (Å²) < 4.78 is 46.2. The van der Waals surface area contributed by atoms with Gasteiger partial charge in [0.2, 0.25) is 0 Å². The molecule has 1 aromatic carbocycles. The van der Waals surface area contributed by atoms with Gasteiger partial charge >= 0.3 is 5.97 Å². The van der Waals surface area contributed by atoms with Gasteiger partial charge < -0.3 is 9.47 Å². The van der Waals surface area contributed by atoms with E-state index < -0.39 is 26.4 Å². The van der Waals surface area contributed by atoms with Crippen molar-refractivity contribution in [3.63, 3.8) is 0 Å². The molecule has 1 saturated heterocycles. The van der Waals surface area contributed by atoms with Crippen molar-refractivity contribution in [3.8, 4) is 0 Å². The zero-order chi connectivity index (χ0) is 14.8. The van der Waals surface area contributed by atoms with E-state index in [0.29, 0.717) is 26.1 Å². The maximum Gasteiger partial charge on any atom is 0.341 e. The van der Waals surface area contributed by atoms with E-state index in [2.05, 4.69) is 0 Å². The summed E-state index contributed by atoms with van der Waals surface area (Å²) in [6.07, 6.45) is 0.703. The van der Waals surface area contributed by atoms with Crippen molar-refractivity contribution >= 4 is 25.7 Å². The van der Waals surface area contributed by atoms with Crippen LogP contribution in [0.1, 0.15) is 23.2 Å². The van der Waals surface area contributed by atoms with Crippen LogP contribution in [-0.2, 0) is 18.5 Å². The number of ether oxygens (including phenoxy) is 2. The molecule has 0 aliphatic carbocycles. The van der Waals surface area contributed by atoms with Gasteiger partial charge in [0.05, 0.1) is 23.7 Å². The molecule has 0 saturated carbocycles. The number of hydrogen-bond donors (Lipinski definition) is 0. The van der Waals surface area contributed by atoms with Gasteiger partial charge in [0.15, 0.2) is 0 Å². The molecule has 0 aromatic heterocycles. The molecule has 1 fully saturated rings. The molecular weight excluding hydrogens is 311 g/mol. The number of hydrogen-bond acceptors (Lipinski definition) is 5. The third kappa shape index (κ3) is 3.68. The molecule has 0 amide bonds. The quantitative estimate of drug-likeness (QED) is 0.629. The van der Waals surface area contributed by atoms with Crippen molar-refractivity contribution in [2.75, 3.05) is 13.2 Å². The molecular formula is C12H12ClFO5S. The van der Waals surface area contributed by atoms with Gasteiger partial charge in [0, 0.05) is 23.5 Å². The summed E-state index contributed by atoms with van der Waals surface area (Å²) in [5.74, 6) is -1.76. The van der Waals surface area contributed by atoms with Crippen LogP contribution in [0.3, 0.4) is 0 Å². The van der Waals surface area contributed by atoms with E-state index >= 15 is 0 Å². The minimum Gasteiger partial charge on any atom is -0.459 e. The lowest BCUT2D eigenvalue weighted by atomic mass is 10.1. The summed E-state index contributed by atoms with van der Waals surface area (Å²) in [5, 5.41) is 0. The van der Waals surface area contributed by atoms with Crippen LogP contribution in [0.2, 0.25) is 0 Å². The van der Waals surface area contributed by atoms with Crippen molar-refractivity contribution in [1.29, 1.82) is 0 Å². The molecule has 5 nitrogen and oxygen atoms in total. The average molecular weight is 323 g/mol. The molecule has 2 rings (SSSR count). The lowest BCUT2D eigenvalue weighted by molar-refractivity contribution is -0.0162. The van der Waals surface area contributed by atoms with Crippen molar-refractivity contribution in [2.24, 2.45) is 0 Å². The Morgan fingerprint density at radius 2 is 2.00 bits per heavy atom. The minimum absolute atomic E-state index is 0.348. The Balaban J connectivity index is 2.20. The molecule has 0 atom stereocenters. The van der Waals surface area contributed by atoms with E-state index in [0.717, 1.165) is 18.2 Å². The Kier molecular flexibility index (Phi) is 4.62. The summed E-state index contributed by atoms with van der Waals surface area (Å²) in [6, 6.07) is 2.73. The van der Waals surface area contributed by atoms with Gasteiger partial charge in [-0.25, -0.2) is 17.6 Å². The summed E-state index contributed by atoms with van der Waals surface area (Å²) in [5.41, 5.74) is -0.446. The maximum absolute atomic E-state index is 13.6. The Bertz CT molecular complexity index is 610. The number of carbonyl (C=O) groups is 1. The van der Waals surface area contributed by atoms with E-state index in [-0.39, 0.29) is 11.0 Å². The lowest BCUT2D eigenvalue weighted by Crippen LogP contribution is -2.26. The van der Waals surface area contributed by atoms with Crippen molar-refractivity contribution < 1.29 is 27.1 Å². The monoisotopic (exact) mass is 322 g/mol. The first-order valence-corrected chi connectivity index (χ1v) is 8.22. The minimum atomic E-state index is -4.03. The molecule has 8 heteroatoms. The molecule has 1 aliphatic rings. The SMILES string of the molecule is O=C(OC1CCOCC1)c1cc(S(=O)(=O)Cl)ccc1F. The highest BCUT2D eigenvalue weighted by atomic mass is 35.7. The van der Waals surface area contributed by atoms with Gasteiger partial charge in [-0.1, -0.05) is 0 Å². The predicted molar refractivity (Wildman–Crippen MR) is 68.7 cm³/mol. The second kappa shape index (κ2) is 6.07. The first kappa shape index (κ1) is 15.2. The van der Waals surface area contributed by atoms with Gasteiger partial charge in [-0.2, -0.15) is 0 Å². The van der Waals surface area contributed by atoms with Crippen LogP contribution in [0.4, 0.5) is 4.39 Å². The number of rotatable bonds is 3. The smallest absolute Gasteiger partial charge is 0.341 e. The van der Waals surface area contributed by atoms with Gasteiger partial charge in [0.25, 0.3) is 9.05 Å². The Labute approximate surface area is 120 Å². The van der Waals surface area contributed by atoms with Crippen LogP contribution in [0.25, 0.3) is 0 Å². The van der Waals surface area contributed by atoms with E-state index in [1.165, 1.54) is 0 Å². The third-order valence-electron chi connectivity index (χ3n) is 2.88. The summed E-state index contributed by atoms with van der Waals surface area (Å²) in [6.45, 7) is 0.938. The number of esters is 1. The van der Waals surface area contributed by atoms with Crippen molar-refractivity contribution in [1.82, 2.24) is 0 Å². The fourth-order valence-electron chi connectivity index (χ4n) is 1.82. The standard InChI is InChI=1S/C12H12ClFO5S/c13-20(16,17)9-1-2-11(14)10(7-9)12(15)19-8-3-5-18-6-4-8/h1-2,7-8H,3-6H2. The van der Waals surface area contributed by atoms with Gasteiger partial charge in [-0.05, 0) is 18.2 Å². The van der Waals surface area contributed by atoms with Gasteiger partial charge in [-0.15, -0.1) is 0 Å². The van der Waals surface area contributed by atoms with Gasteiger partial charge in [-0.3, -0.25) is 0 Å². The Morgan fingerprint density at radius 3 is 2.60 bits per heavy atom. The van der Waals surface area contributed by atoms with E-state index in [4.69, 9.17) is 20.2 Å². The zero-order valence-electron chi connectivity index (χ0n) is 10.3. The second-order valence-corrected chi connectivity index (χ2v) is 6.86. The average Bonchev–Trinajstić information content (AvgIpc) is 2.39. The molecule has 20 heavy (non-hydrogen) atoms. The molecule has 1 aromatic rings. The molecule has 0 unspecified atom stereocenters. The number of benzene rings is 1. The van der Waals surface area contributed by atoms with Crippen LogP contribution in [0.15, 0.2) is 23.1 Å². The highest BCUT2D eigenvalue weighted by Crippen LogP contribution is 2.21. The van der Waals surface area contributed by atoms with Crippen LogP contribution in [-0.4, -0.2) is 33.7 Å². The molecule has 0 spiro atoms. The van der Waals surface area contributed by atoms with Gasteiger partial charge in [0.1, 0.15) is 11.9 Å². The normalized spacial score (nSPS) is 16.9. The first-order valence-electron chi connectivity index (χ1n) is 5.91. The highest BCUT2D eigenvalue weighted by Gasteiger charge is 2.23. The lowest BCUT2D eigenvalue weighted by Gasteiger charge is -2.22. The number of carbonyl (C=O) groups excluding carboxylic acids is 1. The highest BCUT2D eigenvalue weighted by molar-refractivity contribution is 8.13. The summed E-state index contributed by atoms with van der Waals surface area (Å²) in [7, 11) is 1.13. The second-order valence-electron chi connectivity index (χ2n) is 4.30. The fourth-order valence-corrected chi connectivity index (χ4v) is 2.60. The number of halogens is 2. The summed E-state index contributed by atoms with van der Waals surface area (Å²) >= 11 is 0. The Hall–Kier alpha value is -1.18. The zero-order valence-corrected chi connectivity index (χ0v) is 11.9. The topological polar surface area (TPSA) is 69.7 Å². The van der Waals surface area contributed by atoms with Crippen molar-refractivity contribution in [2.45, 2.75) is 23.8 Å².